The van der Waals surface area contributed by atoms with Gasteiger partial charge in [-0.2, -0.15) is 0 Å². The maximum Gasteiger partial charge on any atom is 0.119 e. The molecule has 26 heavy (non-hydrogen) atoms. The third-order valence-electron chi connectivity index (χ3n) is 7.59. The number of halogens is 1. The molecule has 1 aromatic rings. The van der Waals surface area contributed by atoms with Gasteiger partial charge in [0, 0.05) is 25.6 Å². The molecular formula is C21H30ClNO3. The summed E-state index contributed by atoms with van der Waals surface area (Å²) < 4.78 is 11.4. The van der Waals surface area contributed by atoms with Gasteiger partial charge >= 0.3 is 0 Å². The Morgan fingerprint density at radius 3 is 2.88 bits per heavy atom. The number of likely N-dealkylation sites (tertiary alicyclic amines) is 1. The van der Waals surface area contributed by atoms with Crippen LogP contribution in [0.4, 0.5) is 0 Å². The first-order valence-corrected chi connectivity index (χ1v) is 9.88. The van der Waals surface area contributed by atoms with E-state index >= 15 is 0 Å². The maximum atomic E-state index is 12.0. The molecule has 0 aromatic heterocycles. The molecule has 0 unspecified atom stereocenters. The maximum absolute atomic E-state index is 12.0. The van der Waals surface area contributed by atoms with E-state index in [1.165, 1.54) is 30.4 Å². The van der Waals surface area contributed by atoms with E-state index in [0.29, 0.717) is 13.2 Å². The minimum Gasteiger partial charge on any atom is -0.497 e. The van der Waals surface area contributed by atoms with Crippen LogP contribution in [0.1, 0.15) is 43.2 Å². The largest absolute Gasteiger partial charge is 0.497 e. The minimum atomic E-state index is -0.674. The number of fused-ring (bicyclic) bond motifs is 1. The van der Waals surface area contributed by atoms with Crippen molar-refractivity contribution in [1.29, 1.82) is 0 Å². The van der Waals surface area contributed by atoms with E-state index in [0.717, 1.165) is 44.0 Å². The highest BCUT2D eigenvalue weighted by atomic mass is 35.5. The van der Waals surface area contributed by atoms with Crippen LogP contribution in [-0.2, 0) is 16.6 Å². The topological polar surface area (TPSA) is 41.9 Å². The van der Waals surface area contributed by atoms with Crippen molar-refractivity contribution in [3.05, 3.63) is 29.3 Å². The summed E-state index contributed by atoms with van der Waals surface area (Å²) in [5, 5.41) is 12.0. The Labute approximate surface area is 162 Å². The second-order valence-electron chi connectivity index (χ2n) is 8.59. The molecule has 1 saturated carbocycles. The monoisotopic (exact) mass is 379 g/mol. The zero-order valence-electron chi connectivity index (χ0n) is 15.6. The number of ether oxygens (including phenoxy) is 2. The van der Waals surface area contributed by atoms with E-state index in [2.05, 4.69) is 23.1 Å². The van der Waals surface area contributed by atoms with Crippen LogP contribution in [0, 0.1) is 5.92 Å². The molecule has 2 aliphatic carbocycles. The Morgan fingerprint density at radius 2 is 2.15 bits per heavy atom. The van der Waals surface area contributed by atoms with Crippen LogP contribution in [0.5, 0.6) is 5.75 Å². The van der Waals surface area contributed by atoms with Crippen molar-refractivity contribution in [1.82, 2.24) is 4.90 Å². The molecule has 3 atom stereocenters. The quantitative estimate of drug-likeness (QED) is 0.876. The normalized spacial score (nSPS) is 36.3. The van der Waals surface area contributed by atoms with Crippen molar-refractivity contribution in [2.24, 2.45) is 5.92 Å². The van der Waals surface area contributed by atoms with E-state index in [4.69, 9.17) is 9.47 Å². The zero-order valence-corrected chi connectivity index (χ0v) is 16.4. The number of hydrogen-bond donors (Lipinski definition) is 1. The number of nitrogens with zero attached hydrogens (tertiary/aromatic N) is 1. The molecule has 0 amide bonds. The van der Waals surface area contributed by atoms with Crippen LogP contribution in [0.25, 0.3) is 0 Å². The number of benzene rings is 1. The molecule has 2 aliphatic heterocycles. The molecule has 4 nitrogen and oxygen atoms in total. The number of methoxy groups -OCH3 is 1. The number of hydrogen-bond acceptors (Lipinski definition) is 4. The number of piperidine rings is 1. The molecule has 0 spiro atoms. The fraction of sp³-hybridized carbons (Fsp3) is 0.714. The lowest BCUT2D eigenvalue weighted by Gasteiger charge is -2.63. The van der Waals surface area contributed by atoms with Crippen LogP contribution in [0.15, 0.2) is 18.2 Å². The van der Waals surface area contributed by atoms with Crippen LogP contribution in [0.3, 0.4) is 0 Å². The average Bonchev–Trinajstić information content (AvgIpc) is 2.59. The second-order valence-corrected chi connectivity index (χ2v) is 8.59. The Balaban J connectivity index is 0.00000168. The molecule has 2 bridgehead atoms. The highest BCUT2D eigenvalue weighted by Crippen LogP contribution is 2.55. The smallest absolute Gasteiger partial charge is 0.119 e. The summed E-state index contributed by atoms with van der Waals surface area (Å²) in [6, 6.07) is 6.67. The molecule has 2 heterocycles. The van der Waals surface area contributed by atoms with Gasteiger partial charge in [0.25, 0.3) is 0 Å². The second kappa shape index (κ2) is 6.66. The van der Waals surface area contributed by atoms with Gasteiger partial charge in [-0.3, -0.25) is 4.90 Å². The SMILES string of the molecule is COc1ccc2c(c1)[C@]13CCN(CC4CCC4)[C@H](C2)[C@]1(O)CCOC3.Cl. The Morgan fingerprint density at radius 1 is 1.31 bits per heavy atom. The molecule has 2 saturated heterocycles. The van der Waals surface area contributed by atoms with Gasteiger partial charge in [0.05, 0.1) is 24.7 Å². The van der Waals surface area contributed by atoms with Crippen molar-refractivity contribution in [3.8, 4) is 5.75 Å². The van der Waals surface area contributed by atoms with Gasteiger partial charge in [-0.1, -0.05) is 12.5 Å². The van der Waals surface area contributed by atoms with Gasteiger partial charge in [0.15, 0.2) is 0 Å². The molecular weight excluding hydrogens is 350 g/mol. The first kappa shape index (κ1) is 18.5. The lowest BCUT2D eigenvalue weighted by molar-refractivity contribution is -0.204. The summed E-state index contributed by atoms with van der Waals surface area (Å²) >= 11 is 0. The van der Waals surface area contributed by atoms with Gasteiger partial charge in [-0.15, -0.1) is 12.4 Å². The third-order valence-corrected chi connectivity index (χ3v) is 7.59. The molecule has 144 valence electrons. The van der Waals surface area contributed by atoms with Gasteiger partial charge < -0.3 is 14.6 Å². The number of rotatable bonds is 3. The van der Waals surface area contributed by atoms with Gasteiger partial charge in [-0.05, 0) is 61.4 Å². The van der Waals surface area contributed by atoms with E-state index in [1.54, 1.807) is 7.11 Å². The Bertz CT molecular complexity index is 679. The van der Waals surface area contributed by atoms with Crippen LogP contribution < -0.4 is 4.74 Å². The first-order valence-electron chi connectivity index (χ1n) is 9.88. The predicted octanol–water partition coefficient (Wildman–Crippen LogP) is 2.94. The summed E-state index contributed by atoms with van der Waals surface area (Å²) in [6.07, 6.45) is 6.79. The average molecular weight is 380 g/mol. The van der Waals surface area contributed by atoms with Crippen LogP contribution >= 0.6 is 12.4 Å². The summed E-state index contributed by atoms with van der Waals surface area (Å²) in [4.78, 5) is 2.61. The van der Waals surface area contributed by atoms with Gasteiger partial charge in [-0.25, -0.2) is 0 Å². The summed E-state index contributed by atoms with van der Waals surface area (Å²) in [6.45, 7) is 3.54. The predicted molar refractivity (Wildman–Crippen MR) is 103 cm³/mol. The highest BCUT2D eigenvalue weighted by molar-refractivity contribution is 5.85. The van der Waals surface area contributed by atoms with Crippen LogP contribution in [0.2, 0.25) is 0 Å². The third kappa shape index (κ3) is 2.46. The summed E-state index contributed by atoms with van der Waals surface area (Å²) in [5.41, 5.74) is 1.70. The highest BCUT2D eigenvalue weighted by Gasteiger charge is 2.64. The van der Waals surface area contributed by atoms with Crippen molar-refractivity contribution >= 4 is 12.4 Å². The van der Waals surface area contributed by atoms with E-state index in [-0.39, 0.29) is 23.9 Å². The Hall–Kier alpha value is -0.810. The van der Waals surface area contributed by atoms with Crippen molar-refractivity contribution in [3.63, 3.8) is 0 Å². The van der Waals surface area contributed by atoms with Crippen LogP contribution in [-0.4, -0.2) is 55.1 Å². The van der Waals surface area contributed by atoms with Gasteiger partial charge in [0.2, 0.25) is 0 Å². The van der Waals surface area contributed by atoms with E-state index < -0.39 is 5.60 Å². The van der Waals surface area contributed by atoms with E-state index in [9.17, 15) is 5.11 Å². The zero-order chi connectivity index (χ0) is 17.1. The minimum absolute atomic E-state index is 0. The van der Waals surface area contributed by atoms with Gasteiger partial charge in [0.1, 0.15) is 5.75 Å². The number of aliphatic hydroxyl groups is 1. The van der Waals surface area contributed by atoms with Crippen molar-refractivity contribution in [2.75, 3.05) is 33.4 Å². The van der Waals surface area contributed by atoms with Crippen molar-refractivity contribution in [2.45, 2.75) is 55.6 Å². The standard InChI is InChI=1S/C21H29NO3.ClH/c1-24-17-6-5-16-11-19-21(23)8-10-25-14-20(21,18(16)12-17)7-9-22(19)13-15-3-2-4-15;/h5-6,12,15,19,23H,2-4,7-11,13-14H2,1H3;1H/t19-,20-,21-;/m1./s1. The first-order chi connectivity index (χ1) is 12.2. The molecule has 4 aliphatic rings. The van der Waals surface area contributed by atoms with Crippen molar-refractivity contribution < 1.29 is 14.6 Å². The lowest BCUT2D eigenvalue weighted by atomic mass is 9.53. The summed E-state index contributed by atoms with van der Waals surface area (Å²) in [7, 11) is 1.72. The summed E-state index contributed by atoms with van der Waals surface area (Å²) in [5.74, 6) is 1.73. The molecule has 5 heteroatoms. The molecule has 3 fully saturated rings. The fourth-order valence-electron chi connectivity index (χ4n) is 5.89. The Kier molecular flexibility index (Phi) is 4.75. The molecule has 0 radical (unpaired) electrons. The molecule has 1 aromatic carbocycles. The fourth-order valence-corrected chi connectivity index (χ4v) is 5.89. The van der Waals surface area contributed by atoms with E-state index in [1.807, 2.05) is 0 Å². The molecule has 1 N–H and O–H groups in total. The molecule has 5 rings (SSSR count). The lowest BCUT2D eigenvalue weighted by Crippen LogP contribution is -2.74.